The molecule has 2 rings (SSSR count). The van der Waals surface area contributed by atoms with E-state index in [0.29, 0.717) is 10.6 Å². The fourth-order valence-corrected chi connectivity index (χ4v) is 2.69. The number of hydrogen-bond acceptors (Lipinski definition) is 5. The summed E-state index contributed by atoms with van der Waals surface area (Å²) in [5, 5.41) is 20.6. The lowest BCUT2D eigenvalue weighted by Crippen LogP contribution is -1.89. The van der Waals surface area contributed by atoms with Gasteiger partial charge in [0, 0.05) is 14.5 Å². The van der Waals surface area contributed by atoms with E-state index in [1.165, 1.54) is 6.07 Å². The minimum atomic E-state index is -0.752. The van der Waals surface area contributed by atoms with Gasteiger partial charge in [0.25, 0.3) is 5.06 Å². The van der Waals surface area contributed by atoms with Crippen molar-refractivity contribution in [1.29, 1.82) is 0 Å². The lowest BCUT2D eigenvalue weighted by Gasteiger charge is -2.02. The third-order valence-electron chi connectivity index (χ3n) is 2.33. The van der Waals surface area contributed by atoms with E-state index in [2.05, 4.69) is 22.6 Å². The summed E-state index contributed by atoms with van der Waals surface area (Å²) >= 11 is 3.24. The molecule has 0 aliphatic rings. The number of benzene rings is 1. The molecular weight excluding hydrogens is 381 g/mol. The molecular formula is C12H10INO4S. The average Bonchev–Trinajstić information content (AvgIpc) is 2.76. The van der Waals surface area contributed by atoms with E-state index >= 15 is 0 Å². The second-order valence-electron chi connectivity index (χ2n) is 3.81. The minimum Gasteiger partial charge on any atom is -0.440 e. The fourth-order valence-electron chi connectivity index (χ4n) is 1.40. The number of ether oxygens (including phenoxy) is 1. The van der Waals surface area contributed by atoms with Crippen LogP contribution >= 0.6 is 33.9 Å². The lowest BCUT2D eigenvalue weighted by molar-refractivity contribution is -0.385. The van der Waals surface area contributed by atoms with Crippen LogP contribution in [0.25, 0.3) is 0 Å². The van der Waals surface area contributed by atoms with Gasteiger partial charge in [0.2, 0.25) is 0 Å². The van der Waals surface area contributed by atoms with Crippen LogP contribution in [0.15, 0.2) is 30.3 Å². The highest BCUT2D eigenvalue weighted by molar-refractivity contribution is 14.1. The maximum atomic E-state index is 11.0. The van der Waals surface area contributed by atoms with Crippen LogP contribution in [0, 0.1) is 13.7 Å². The highest BCUT2D eigenvalue weighted by atomic mass is 127. The monoisotopic (exact) mass is 391 g/mol. The van der Waals surface area contributed by atoms with Gasteiger partial charge in [0.1, 0.15) is 5.75 Å². The molecule has 1 atom stereocenters. The number of hydrogen-bond donors (Lipinski definition) is 1. The van der Waals surface area contributed by atoms with Crippen molar-refractivity contribution in [2.24, 2.45) is 0 Å². The summed E-state index contributed by atoms with van der Waals surface area (Å²) in [5.41, 5.74) is -0.126. The molecule has 2 aromatic rings. The van der Waals surface area contributed by atoms with Gasteiger partial charge in [-0.3, -0.25) is 10.1 Å². The minimum absolute atomic E-state index is 0.126. The zero-order chi connectivity index (χ0) is 14.0. The summed E-state index contributed by atoms with van der Waals surface area (Å²) < 4.78 is 6.57. The number of rotatable bonds is 4. The zero-order valence-electron chi connectivity index (χ0n) is 9.87. The Labute approximate surface area is 127 Å². The molecule has 0 radical (unpaired) electrons. The van der Waals surface area contributed by atoms with Gasteiger partial charge in [0.05, 0.1) is 11.0 Å². The molecule has 0 fully saturated rings. The Balaban J connectivity index is 2.33. The normalized spacial score (nSPS) is 12.2. The molecule has 0 amide bonds. The maximum absolute atomic E-state index is 11.0. The van der Waals surface area contributed by atoms with Crippen LogP contribution in [0.1, 0.15) is 17.9 Å². The van der Waals surface area contributed by atoms with Crippen LogP contribution < -0.4 is 4.74 Å². The van der Waals surface area contributed by atoms with E-state index in [1.807, 2.05) is 12.1 Å². The number of aliphatic hydroxyl groups excluding tert-OH is 1. The first-order chi connectivity index (χ1) is 8.97. The Morgan fingerprint density at radius 2 is 2.05 bits per heavy atom. The molecule has 1 heterocycles. The second-order valence-corrected chi connectivity index (χ2v) is 6.10. The predicted octanol–water partition coefficient (Wildman–Crippen LogP) is 4.11. The maximum Gasteiger partial charge on any atom is 0.323 e. The Kier molecular flexibility index (Phi) is 4.38. The molecule has 1 aromatic heterocycles. The quantitative estimate of drug-likeness (QED) is 0.484. The smallest absolute Gasteiger partial charge is 0.323 e. The predicted molar refractivity (Wildman–Crippen MR) is 80.8 cm³/mol. The van der Waals surface area contributed by atoms with E-state index < -0.39 is 11.0 Å². The lowest BCUT2D eigenvalue weighted by atomic mass is 10.3. The molecule has 1 aromatic carbocycles. The number of halogens is 1. The first kappa shape index (κ1) is 14.2. The van der Waals surface area contributed by atoms with Crippen LogP contribution in [0.5, 0.6) is 10.8 Å². The van der Waals surface area contributed by atoms with Gasteiger partial charge in [-0.05, 0) is 53.8 Å². The Hall–Kier alpha value is -1.19. The van der Waals surface area contributed by atoms with Crippen LogP contribution in [0.2, 0.25) is 0 Å². The standard InChI is InChI=1S/C12H10INO4S/c1-7(15)11-6-10(14(16)17)12(19-11)18-9-4-2-8(13)3-5-9/h2-7,15H,1H3/t7-/m0/s1. The average molecular weight is 391 g/mol. The molecule has 0 saturated carbocycles. The summed E-state index contributed by atoms with van der Waals surface area (Å²) in [4.78, 5) is 10.9. The van der Waals surface area contributed by atoms with E-state index in [-0.39, 0.29) is 10.8 Å². The van der Waals surface area contributed by atoms with Crippen molar-refractivity contribution in [3.05, 3.63) is 48.9 Å². The zero-order valence-corrected chi connectivity index (χ0v) is 12.8. The summed E-state index contributed by atoms with van der Waals surface area (Å²) in [5.74, 6) is 0.530. The molecule has 19 heavy (non-hydrogen) atoms. The van der Waals surface area contributed by atoms with Crippen LogP contribution in [0.3, 0.4) is 0 Å². The third kappa shape index (κ3) is 3.43. The number of thiophene rings is 1. The van der Waals surface area contributed by atoms with E-state index in [9.17, 15) is 15.2 Å². The van der Waals surface area contributed by atoms with Crippen LogP contribution in [-0.2, 0) is 0 Å². The van der Waals surface area contributed by atoms with Gasteiger partial charge >= 0.3 is 5.69 Å². The first-order valence-corrected chi connectivity index (χ1v) is 7.26. The summed E-state index contributed by atoms with van der Waals surface area (Å²) in [7, 11) is 0. The molecule has 100 valence electrons. The molecule has 0 spiro atoms. The largest absolute Gasteiger partial charge is 0.440 e. The molecule has 0 aliphatic carbocycles. The van der Waals surface area contributed by atoms with Gasteiger partial charge in [-0.1, -0.05) is 11.3 Å². The van der Waals surface area contributed by atoms with Gasteiger partial charge < -0.3 is 9.84 Å². The van der Waals surface area contributed by atoms with Crippen molar-refractivity contribution in [3.63, 3.8) is 0 Å². The number of nitro groups is 1. The van der Waals surface area contributed by atoms with Crippen molar-refractivity contribution in [3.8, 4) is 10.8 Å². The third-order valence-corrected chi connectivity index (χ3v) is 4.22. The molecule has 7 heteroatoms. The van der Waals surface area contributed by atoms with Crippen LogP contribution in [-0.4, -0.2) is 10.0 Å². The summed E-state index contributed by atoms with van der Waals surface area (Å²) in [6.07, 6.45) is -0.752. The van der Waals surface area contributed by atoms with Crippen molar-refractivity contribution >= 4 is 39.6 Å². The fraction of sp³-hybridized carbons (Fsp3) is 0.167. The Bertz CT molecular complexity index is 594. The number of nitrogens with zero attached hydrogens (tertiary/aromatic N) is 1. The summed E-state index contributed by atoms with van der Waals surface area (Å²) in [6, 6.07) is 8.54. The highest BCUT2D eigenvalue weighted by Crippen LogP contribution is 2.41. The van der Waals surface area contributed by atoms with Crippen molar-refractivity contribution in [2.75, 3.05) is 0 Å². The first-order valence-electron chi connectivity index (χ1n) is 5.37. The van der Waals surface area contributed by atoms with Crippen molar-refractivity contribution < 1.29 is 14.8 Å². The van der Waals surface area contributed by atoms with Gasteiger partial charge in [-0.2, -0.15) is 0 Å². The molecule has 5 nitrogen and oxygen atoms in total. The van der Waals surface area contributed by atoms with Crippen molar-refractivity contribution in [1.82, 2.24) is 0 Å². The summed E-state index contributed by atoms with van der Waals surface area (Å²) in [6.45, 7) is 1.56. The van der Waals surface area contributed by atoms with Crippen LogP contribution in [0.4, 0.5) is 5.69 Å². The van der Waals surface area contributed by atoms with Gasteiger partial charge in [0.15, 0.2) is 0 Å². The molecule has 0 bridgehead atoms. The van der Waals surface area contributed by atoms with E-state index in [1.54, 1.807) is 19.1 Å². The number of aliphatic hydroxyl groups is 1. The molecule has 0 saturated heterocycles. The highest BCUT2D eigenvalue weighted by Gasteiger charge is 2.22. The second kappa shape index (κ2) is 5.85. The molecule has 0 unspecified atom stereocenters. The Morgan fingerprint density at radius 1 is 1.42 bits per heavy atom. The van der Waals surface area contributed by atoms with E-state index in [0.717, 1.165) is 14.9 Å². The molecule has 0 aliphatic heterocycles. The van der Waals surface area contributed by atoms with Gasteiger partial charge in [-0.25, -0.2) is 0 Å². The van der Waals surface area contributed by atoms with Crippen molar-refractivity contribution in [2.45, 2.75) is 13.0 Å². The van der Waals surface area contributed by atoms with Gasteiger partial charge in [-0.15, -0.1) is 0 Å². The van der Waals surface area contributed by atoms with E-state index in [4.69, 9.17) is 4.74 Å². The topological polar surface area (TPSA) is 72.6 Å². The molecule has 1 N–H and O–H groups in total. The SMILES string of the molecule is C[C@H](O)c1cc([N+](=O)[O-])c(Oc2ccc(I)cc2)s1. The Morgan fingerprint density at radius 3 is 2.58 bits per heavy atom.